The number of carboxylic acid groups (broad SMARTS) is 1. The average molecular weight is 281 g/mol. The number of carboxylic acids is 1. The summed E-state index contributed by atoms with van der Waals surface area (Å²) in [6.07, 6.45) is 2.64. The van der Waals surface area contributed by atoms with Crippen molar-refractivity contribution in [2.75, 3.05) is 19.6 Å². The van der Waals surface area contributed by atoms with Crippen molar-refractivity contribution >= 4 is 11.9 Å². The van der Waals surface area contributed by atoms with Gasteiger partial charge in [-0.3, -0.25) is 4.79 Å². The Bertz CT molecular complexity index is 480. The Labute approximate surface area is 116 Å². The molecule has 1 aliphatic rings. The van der Waals surface area contributed by atoms with Crippen molar-refractivity contribution in [3.8, 4) is 0 Å². The fraction of sp³-hybridized carbons (Fsp3) is 0.615. The summed E-state index contributed by atoms with van der Waals surface area (Å²) in [5.74, 6) is -1.79. The smallest absolute Gasteiger partial charge is 0.374 e. The van der Waals surface area contributed by atoms with E-state index in [4.69, 9.17) is 5.11 Å². The second-order valence-electron chi connectivity index (χ2n) is 4.86. The van der Waals surface area contributed by atoms with Crippen LogP contribution in [0.25, 0.3) is 0 Å². The number of aromatic carboxylic acids is 1. The van der Waals surface area contributed by atoms with Gasteiger partial charge in [0.25, 0.3) is 5.91 Å². The number of amides is 1. The van der Waals surface area contributed by atoms with E-state index in [9.17, 15) is 9.59 Å². The van der Waals surface area contributed by atoms with Gasteiger partial charge in [0, 0.05) is 18.7 Å². The summed E-state index contributed by atoms with van der Waals surface area (Å²) in [5.41, 5.74) is 0.0642. The molecule has 0 bridgehead atoms. The molecule has 2 heterocycles. The molecule has 0 radical (unpaired) electrons. The lowest BCUT2D eigenvalue weighted by molar-refractivity contribution is 0.0621. The van der Waals surface area contributed by atoms with Gasteiger partial charge in [0.2, 0.25) is 5.76 Å². The summed E-state index contributed by atoms with van der Waals surface area (Å²) in [6.45, 7) is 4.42. The lowest BCUT2D eigenvalue weighted by atomic mass is 10.0. The molecule has 20 heavy (non-hydrogen) atoms. The molecule has 2 rings (SSSR count). The Morgan fingerprint density at radius 2 is 2.20 bits per heavy atom. The second kappa shape index (κ2) is 6.51. The molecule has 1 fully saturated rings. The standard InChI is InChI=1S/C13H19N3O4/c1-2-7-16(9-3-5-14-6-4-9)12(17)10-8-11(13(18)19)20-15-10/h8-9,14H,2-7H2,1H3,(H,18,19). The summed E-state index contributed by atoms with van der Waals surface area (Å²) in [6, 6.07) is 1.36. The van der Waals surface area contributed by atoms with Crippen LogP contribution in [-0.4, -0.2) is 52.7 Å². The molecule has 110 valence electrons. The van der Waals surface area contributed by atoms with Crippen LogP contribution in [0, 0.1) is 0 Å². The zero-order valence-electron chi connectivity index (χ0n) is 11.5. The van der Waals surface area contributed by atoms with Gasteiger partial charge in [0.15, 0.2) is 5.69 Å². The van der Waals surface area contributed by atoms with Crippen molar-refractivity contribution in [1.82, 2.24) is 15.4 Å². The van der Waals surface area contributed by atoms with Crippen LogP contribution in [0.3, 0.4) is 0 Å². The number of nitrogens with zero attached hydrogens (tertiary/aromatic N) is 2. The number of nitrogens with one attached hydrogen (secondary N) is 1. The predicted molar refractivity (Wildman–Crippen MR) is 70.7 cm³/mol. The maximum Gasteiger partial charge on any atom is 0.374 e. The Balaban J connectivity index is 2.14. The zero-order chi connectivity index (χ0) is 14.5. The van der Waals surface area contributed by atoms with E-state index >= 15 is 0 Å². The topological polar surface area (TPSA) is 95.7 Å². The van der Waals surface area contributed by atoms with Crippen LogP contribution in [0.4, 0.5) is 0 Å². The van der Waals surface area contributed by atoms with Crippen LogP contribution in [0.2, 0.25) is 0 Å². The summed E-state index contributed by atoms with van der Waals surface area (Å²) in [5, 5.41) is 15.6. The number of piperidine rings is 1. The van der Waals surface area contributed by atoms with Crippen LogP contribution in [-0.2, 0) is 0 Å². The molecule has 7 heteroatoms. The lowest BCUT2D eigenvalue weighted by Gasteiger charge is -2.34. The van der Waals surface area contributed by atoms with Crippen molar-refractivity contribution in [1.29, 1.82) is 0 Å². The average Bonchev–Trinajstić information content (AvgIpc) is 2.95. The Morgan fingerprint density at radius 1 is 1.50 bits per heavy atom. The maximum absolute atomic E-state index is 12.5. The van der Waals surface area contributed by atoms with Crippen molar-refractivity contribution in [3.05, 3.63) is 17.5 Å². The quantitative estimate of drug-likeness (QED) is 0.835. The number of carbonyl (C=O) groups is 2. The minimum Gasteiger partial charge on any atom is -0.475 e. The SMILES string of the molecule is CCCN(C(=O)c1cc(C(=O)O)on1)C1CCNCC1. The first-order valence-corrected chi connectivity index (χ1v) is 6.85. The number of carbonyl (C=O) groups excluding carboxylic acids is 1. The fourth-order valence-electron chi connectivity index (χ4n) is 2.43. The number of rotatable bonds is 5. The third-order valence-electron chi connectivity index (χ3n) is 3.41. The summed E-state index contributed by atoms with van der Waals surface area (Å²) < 4.78 is 4.65. The predicted octanol–water partition coefficient (Wildman–Crippen LogP) is 0.977. The van der Waals surface area contributed by atoms with Crippen LogP contribution in [0.15, 0.2) is 10.6 Å². The first kappa shape index (κ1) is 14.5. The van der Waals surface area contributed by atoms with Gasteiger partial charge in [-0.15, -0.1) is 0 Å². The van der Waals surface area contributed by atoms with Gasteiger partial charge in [0.1, 0.15) is 0 Å². The van der Waals surface area contributed by atoms with E-state index in [-0.39, 0.29) is 23.4 Å². The van der Waals surface area contributed by atoms with Crippen molar-refractivity contribution in [2.24, 2.45) is 0 Å². The highest BCUT2D eigenvalue weighted by molar-refractivity contribution is 5.95. The van der Waals surface area contributed by atoms with Crippen LogP contribution in [0.1, 0.15) is 47.2 Å². The van der Waals surface area contributed by atoms with E-state index in [1.54, 1.807) is 4.90 Å². The van der Waals surface area contributed by atoms with Crippen molar-refractivity contribution in [2.45, 2.75) is 32.2 Å². The minimum atomic E-state index is -1.22. The van der Waals surface area contributed by atoms with E-state index in [1.807, 2.05) is 6.92 Å². The highest BCUT2D eigenvalue weighted by Crippen LogP contribution is 2.16. The van der Waals surface area contributed by atoms with Gasteiger partial charge in [-0.2, -0.15) is 0 Å². The first-order chi connectivity index (χ1) is 9.63. The van der Waals surface area contributed by atoms with Crippen LogP contribution in [0.5, 0.6) is 0 Å². The highest BCUT2D eigenvalue weighted by Gasteiger charge is 2.28. The molecule has 0 aromatic carbocycles. The zero-order valence-corrected chi connectivity index (χ0v) is 11.5. The molecular weight excluding hydrogens is 262 g/mol. The van der Waals surface area contributed by atoms with Gasteiger partial charge >= 0.3 is 5.97 Å². The third kappa shape index (κ3) is 3.16. The van der Waals surface area contributed by atoms with Crippen LogP contribution < -0.4 is 5.32 Å². The van der Waals surface area contributed by atoms with Gasteiger partial charge in [-0.05, 0) is 32.4 Å². The molecule has 1 saturated heterocycles. The summed E-state index contributed by atoms with van der Waals surface area (Å²) in [4.78, 5) is 25.0. The number of hydrogen-bond acceptors (Lipinski definition) is 5. The Morgan fingerprint density at radius 3 is 2.75 bits per heavy atom. The molecule has 1 aliphatic heterocycles. The Kier molecular flexibility index (Phi) is 4.73. The molecule has 0 aliphatic carbocycles. The molecular formula is C13H19N3O4. The first-order valence-electron chi connectivity index (χ1n) is 6.85. The summed E-state index contributed by atoms with van der Waals surface area (Å²) in [7, 11) is 0. The van der Waals surface area contributed by atoms with E-state index in [0.29, 0.717) is 6.54 Å². The summed E-state index contributed by atoms with van der Waals surface area (Å²) >= 11 is 0. The van der Waals surface area contributed by atoms with Gasteiger partial charge in [-0.1, -0.05) is 12.1 Å². The van der Waals surface area contributed by atoms with E-state index in [1.165, 1.54) is 6.07 Å². The molecule has 0 saturated carbocycles. The molecule has 0 spiro atoms. The van der Waals surface area contributed by atoms with Crippen molar-refractivity contribution in [3.63, 3.8) is 0 Å². The van der Waals surface area contributed by atoms with Gasteiger partial charge < -0.3 is 19.8 Å². The number of aromatic nitrogens is 1. The number of hydrogen-bond donors (Lipinski definition) is 2. The fourth-order valence-corrected chi connectivity index (χ4v) is 2.43. The third-order valence-corrected chi connectivity index (χ3v) is 3.41. The van der Waals surface area contributed by atoms with Crippen LogP contribution >= 0.6 is 0 Å². The molecule has 1 aromatic heterocycles. The molecule has 0 atom stereocenters. The largest absolute Gasteiger partial charge is 0.475 e. The normalized spacial score (nSPS) is 16.1. The maximum atomic E-state index is 12.5. The molecule has 1 aromatic rings. The van der Waals surface area contributed by atoms with E-state index < -0.39 is 5.97 Å². The van der Waals surface area contributed by atoms with Gasteiger partial charge in [0.05, 0.1) is 0 Å². The van der Waals surface area contributed by atoms with Gasteiger partial charge in [-0.25, -0.2) is 4.79 Å². The van der Waals surface area contributed by atoms with Crippen molar-refractivity contribution < 1.29 is 19.2 Å². The van der Waals surface area contributed by atoms with E-state index in [0.717, 1.165) is 32.4 Å². The highest BCUT2D eigenvalue weighted by atomic mass is 16.5. The molecule has 7 nitrogen and oxygen atoms in total. The minimum absolute atomic E-state index is 0.0642. The monoisotopic (exact) mass is 281 g/mol. The second-order valence-corrected chi connectivity index (χ2v) is 4.86. The lowest BCUT2D eigenvalue weighted by Crippen LogP contribution is -2.46. The molecule has 1 amide bonds. The molecule has 0 unspecified atom stereocenters. The molecule has 2 N–H and O–H groups in total. The van der Waals surface area contributed by atoms with E-state index in [2.05, 4.69) is 15.0 Å². The Hall–Kier alpha value is -1.89.